The van der Waals surface area contributed by atoms with Gasteiger partial charge in [0.15, 0.2) is 11.4 Å². The molecule has 4 N–H and O–H groups in total. The van der Waals surface area contributed by atoms with Crippen molar-refractivity contribution >= 4 is 30.1 Å². The summed E-state index contributed by atoms with van der Waals surface area (Å²) < 4.78 is 6.58. The Labute approximate surface area is 169 Å². The van der Waals surface area contributed by atoms with Gasteiger partial charge in [-0.2, -0.15) is 0 Å². The lowest BCUT2D eigenvalue weighted by molar-refractivity contribution is -0.144. The van der Waals surface area contributed by atoms with Crippen molar-refractivity contribution < 1.29 is 24.2 Å². The van der Waals surface area contributed by atoms with Crippen LogP contribution in [0.5, 0.6) is 5.75 Å². The zero-order valence-electron chi connectivity index (χ0n) is 15.9. The van der Waals surface area contributed by atoms with Gasteiger partial charge in [-0.25, -0.2) is 0 Å². The molecule has 0 spiro atoms. The summed E-state index contributed by atoms with van der Waals surface area (Å²) in [4.78, 5) is 45.8. The Hall–Kier alpha value is -2.39. The number of carbonyl (C=O) groups excluding carboxylic acids is 3. The quantitative estimate of drug-likeness (QED) is 0.336. The third kappa shape index (κ3) is 8.53. The monoisotopic (exact) mass is 417 g/mol. The summed E-state index contributed by atoms with van der Waals surface area (Å²) in [6.45, 7) is 0.692. The zero-order chi connectivity index (χ0) is 20.2. The van der Waals surface area contributed by atoms with Crippen molar-refractivity contribution in [3.05, 3.63) is 28.2 Å². The molecule has 158 valence electrons. The lowest BCUT2D eigenvalue weighted by atomic mass is 10.2. The first-order chi connectivity index (χ1) is 12.9. The Bertz CT molecular complexity index is 720. The zero-order valence-corrected chi connectivity index (χ0v) is 16.8. The fourth-order valence-electron chi connectivity index (χ4n) is 2.45. The molecule has 0 radical (unpaired) electrons. The van der Waals surface area contributed by atoms with Gasteiger partial charge in [0, 0.05) is 32.3 Å². The number of ether oxygens (including phenoxy) is 1. The van der Waals surface area contributed by atoms with Gasteiger partial charge in [-0.15, -0.1) is 12.4 Å². The molecule has 0 saturated carbocycles. The van der Waals surface area contributed by atoms with Crippen LogP contribution in [0.3, 0.4) is 0 Å². The second-order valence-electron chi connectivity index (χ2n) is 6.03. The number of hydrogen-bond acceptors (Lipinski definition) is 7. The third-order valence-corrected chi connectivity index (χ3v) is 3.98. The first-order valence-corrected chi connectivity index (χ1v) is 8.92. The highest BCUT2D eigenvalue weighted by Crippen LogP contribution is 2.13. The average Bonchev–Trinajstić information content (AvgIpc) is 2.67. The number of pyridine rings is 1. The van der Waals surface area contributed by atoms with Gasteiger partial charge in [0.05, 0.1) is 19.6 Å². The van der Waals surface area contributed by atoms with E-state index in [9.17, 15) is 24.3 Å². The van der Waals surface area contributed by atoms with Crippen molar-refractivity contribution in [2.45, 2.75) is 45.1 Å². The molecule has 1 heterocycles. The van der Waals surface area contributed by atoms with Crippen LogP contribution in [0.2, 0.25) is 0 Å². The molecule has 1 aromatic rings. The molecule has 0 aliphatic heterocycles. The summed E-state index contributed by atoms with van der Waals surface area (Å²) in [5, 5.41) is 12.2. The van der Waals surface area contributed by atoms with E-state index >= 15 is 0 Å². The first-order valence-electron chi connectivity index (χ1n) is 8.92. The maximum absolute atomic E-state index is 11.9. The van der Waals surface area contributed by atoms with E-state index in [1.54, 1.807) is 4.57 Å². The summed E-state index contributed by atoms with van der Waals surface area (Å²) in [6, 6.07) is 1.22. The second kappa shape index (κ2) is 13.7. The molecular formula is C18H28ClN3O6. The molecule has 0 atom stereocenters. The predicted molar refractivity (Wildman–Crippen MR) is 106 cm³/mol. The summed E-state index contributed by atoms with van der Waals surface area (Å²) in [7, 11) is 1.43. The van der Waals surface area contributed by atoms with E-state index < -0.39 is 23.1 Å². The Balaban J connectivity index is 0.00000729. The van der Waals surface area contributed by atoms with Crippen LogP contribution in [0, 0.1) is 0 Å². The number of nitrogens with two attached hydrogens (primary N) is 1. The lowest BCUT2D eigenvalue weighted by Gasteiger charge is -2.13. The Morgan fingerprint density at radius 1 is 1.18 bits per heavy atom. The van der Waals surface area contributed by atoms with Crippen molar-refractivity contribution in [3.8, 4) is 5.75 Å². The molecule has 1 aromatic heterocycles. The van der Waals surface area contributed by atoms with E-state index in [0.717, 1.165) is 19.3 Å². The Kier molecular flexibility index (Phi) is 12.6. The van der Waals surface area contributed by atoms with Crippen LogP contribution in [0.25, 0.3) is 0 Å². The largest absolute Gasteiger partial charge is 0.503 e. The third-order valence-electron chi connectivity index (χ3n) is 3.98. The summed E-state index contributed by atoms with van der Waals surface area (Å²) >= 11 is 0. The highest BCUT2D eigenvalue weighted by atomic mass is 35.5. The smallest absolute Gasteiger partial charge is 0.306 e. The van der Waals surface area contributed by atoms with E-state index in [0.29, 0.717) is 13.0 Å². The molecule has 10 heteroatoms. The summed E-state index contributed by atoms with van der Waals surface area (Å²) in [5.74, 6) is -1.66. The lowest BCUT2D eigenvalue weighted by Crippen LogP contribution is -2.25. The van der Waals surface area contributed by atoms with Crippen LogP contribution in [-0.4, -0.2) is 47.5 Å². The average molecular weight is 418 g/mol. The number of ketones is 1. The number of esters is 1. The predicted octanol–water partition coefficient (Wildman–Crippen LogP) is 0.747. The maximum atomic E-state index is 11.9. The minimum absolute atomic E-state index is 0. The molecule has 0 fully saturated rings. The minimum Gasteiger partial charge on any atom is -0.503 e. The second-order valence-corrected chi connectivity index (χ2v) is 6.03. The molecule has 0 saturated heterocycles. The number of Topliss-reactive ketones (excluding diaryl/α,β-unsaturated/α-hetero) is 1. The van der Waals surface area contributed by atoms with E-state index in [4.69, 9.17) is 10.5 Å². The molecular weight excluding hydrogens is 390 g/mol. The number of aryl methyl sites for hydroxylation is 1. The van der Waals surface area contributed by atoms with Crippen molar-refractivity contribution in [1.29, 1.82) is 0 Å². The Morgan fingerprint density at radius 3 is 2.50 bits per heavy atom. The van der Waals surface area contributed by atoms with Crippen molar-refractivity contribution in [2.24, 2.45) is 5.73 Å². The number of amides is 1. The molecule has 0 bridgehead atoms. The van der Waals surface area contributed by atoms with Gasteiger partial charge in [0.1, 0.15) is 5.78 Å². The summed E-state index contributed by atoms with van der Waals surface area (Å²) in [6.07, 6.45) is 4.69. The normalized spacial score (nSPS) is 10.1. The molecule has 0 aromatic carbocycles. The SMILES string of the molecule is CNC(=O)c1c(O)c(=O)ccn1CCCCCCOC(=O)CCC(=O)CN.Cl. The molecule has 9 nitrogen and oxygen atoms in total. The highest BCUT2D eigenvalue weighted by Gasteiger charge is 2.16. The number of carbonyl (C=O) groups is 3. The van der Waals surface area contributed by atoms with Crippen molar-refractivity contribution in [2.75, 3.05) is 20.2 Å². The number of aromatic hydroxyl groups is 1. The number of nitrogens with one attached hydrogen (secondary N) is 1. The van der Waals surface area contributed by atoms with Gasteiger partial charge >= 0.3 is 5.97 Å². The Morgan fingerprint density at radius 2 is 1.86 bits per heavy atom. The number of aromatic nitrogens is 1. The van der Waals surface area contributed by atoms with E-state index in [1.807, 2.05) is 0 Å². The topological polar surface area (TPSA) is 141 Å². The highest BCUT2D eigenvalue weighted by molar-refractivity contribution is 5.94. The summed E-state index contributed by atoms with van der Waals surface area (Å²) in [5.41, 5.74) is 4.52. The van der Waals surface area contributed by atoms with Gasteiger partial charge in [0.2, 0.25) is 5.43 Å². The van der Waals surface area contributed by atoms with Crippen LogP contribution in [0.1, 0.15) is 49.0 Å². The van der Waals surface area contributed by atoms with E-state index in [-0.39, 0.29) is 49.9 Å². The standard InChI is InChI=1S/C18H27N3O6.ClH/c1-20-18(26)16-17(25)14(23)8-10-21(16)9-4-2-3-5-11-27-15(24)7-6-13(22)12-19;/h8,10,25H,2-7,9,11-12,19H2,1H3,(H,20,26);1H. The van der Waals surface area contributed by atoms with Gasteiger partial charge in [-0.05, 0) is 19.3 Å². The first kappa shape index (κ1) is 25.6. The molecule has 0 aliphatic carbocycles. The fourth-order valence-corrected chi connectivity index (χ4v) is 2.45. The van der Waals surface area contributed by atoms with Gasteiger partial charge < -0.3 is 25.5 Å². The van der Waals surface area contributed by atoms with Crippen LogP contribution in [0.4, 0.5) is 0 Å². The molecule has 0 aliphatic rings. The molecule has 28 heavy (non-hydrogen) atoms. The van der Waals surface area contributed by atoms with Crippen molar-refractivity contribution in [3.63, 3.8) is 0 Å². The van der Waals surface area contributed by atoms with Crippen LogP contribution in [-0.2, 0) is 20.9 Å². The van der Waals surface area contributed by atoms with Crippen molar-refractivity contribution in [1.82, 2.24) is 9.88 Å². The maximum Gasteiger partial charge on any atom is 0.306 e. The van der Waals surface area contributed by atoms with Crippen LogP contribution < -0.4 is 16.5 Å². The fraction of sp³-hybridized carbons (Fsp3) is 0.556. The number of hydrogen-bond donors (Lipinski definition) is 3. The van der Waals surface area contributed by atoms with E-state index in [2.05, 4.69) is 5.32 Å². The van der Waals surface area contributed by atoms with Crippen LogP contribution in [0.15, 0.2) is 17.1 Å². The number of rotatable bonds is 12. The number of unbranched alkanes of at least 4 members (excludes halogenated alkanes) is 3. The van der Waals surface area contributed by atoms with Gasteiger partial charge in [0.25, 0.3) is 5.91 Å². The van der Waals surface area contributed by atoms with Crippen LogP contribution >= 0.6 is 12.4 Å². The number of nitrogens with zero attached hydrogens (tertiary/aromatic N) is 1. The molecule has 1 rings (SSSR count). The minimum atomic E-state index is -0.597. The van der Waals surface area contributed by atoms with E-state index in [1.165, 1.54) is 19.3 Å². The number of halogens is 1. The molecule has 0 unspecified atom stereocenters. The van der Waals surface area contributed by atoms with Gasteiger partial charge in [-0.1, -0.05) is 6.42 Å². The van der Waals surface area contributed by atoms with Gasteiger partial charge in [-0.3, -0.25) is 19.2 Å². The molecule has 1 amide bonds.